The molecule has 26 heavy (non-hydrogen) atoms. The van der Waals surface area contributed by atoms with Gasteiger partial charge in [0.1, 0.15) is 11.4 Å². The van der Waals surface area contributed by atoms with Crippen LogP contribution in [0, 0.1) is 6.92 Å². The number of amides is 1. The Morgan fingerprint density at radius 3 is 2.42 bits per heavy atom. The van der Waals surface area contributed by atoms with Crippen molar-refractivity contribution in [2.24, 2.45) is 0 Å². The van der Waals surface area contributed by atoms with E-state index in [0.717, 1.165) is 15.0 Å². The molecule has 1 amide bonds. The summed E-state index contributed by atoms with van der Waals surface area (Å²) in [6.45, 7) is 3.80. The van der Waals surface area contributed by atoms with Crippen molar-refractivity contribution in [3.05, 3.63) is 42.4 Å². The molecule has 7 nitrogen and oxygen atoms in total. The molecule has 1 atom stereocenters. The van der Waals surface area contributed by atoms with E-state index in [9.17, 15) is 13.2 Å². The first-order valence-corrected chi connectivity index (χ1v) is 10.3. The van der Waals surface area contributed by atoms with Gasteiger partial charge in [0.05, 0.1) is 10.1 Å². The number of hydrogen-bond acceptors (Lipinski definition) is 6. The Labute approximate surface area is 158 Å². The SMILES string of the molecule is CCC(Sc1cc(C)ncn1)C(=O)Nc1ccc(S(=O)(=O)N(C)C)cc1. The van der Waals surface area contributed by atoms with Crippen LogP contribution < -0.4 is 5.32 Å². The van der Waals surface area contributed by atoms with Gasteiger partial charge < -0.3 is 5.32 Å². The van der Waals surface area contributed by atoms with E-state index >= 15 is 0 Å². The number of sulfonamides is 1. The molecule has 0 aliphatic carbocycles. The van der Waals surface area contributed by atoms with Crippen molar-refractivity contribution in [3.8, 4) is 0 Å². The van der Waals surface area contributed by atoms with Gasteiger partial charge in [-0.2, -0.15) is 0 Å². The molecule has 2 aromatic rings. The molecule has 0 spiro atoms. The third-order valence-corrected chi connectivity index (χ3v) is 6.73. The lowest BCUT2D eigenvalue weighted by Crippen LogP contribution is -2.25. The topological polar surface area (TPSA) is 92.3 Å². The maximum Gasteiger partial charge on any atom is 0.242 e. The monoisotopic (exact) mass is 394 g/mol. The highest BCUT2D eigenvalue weighted by Crippen LogP contribution is 2.25. The van der Waals surface area contributed by atoms with Crippen LogP contribution in [0.25, 0.3) is 0 Å². The van der Waals surface area contributed by atoms with Gasteiger partial charge in [-0.1, -0.05) is 18.7 Å². The van der Waals surface area contributed by atoms with E-state index in [1.54, 1.807) is 12.1 Å². The molecule has 0 saturated heterocycles. The third-order valence-electron chi connectivity index (χ3n) is 3.61. The fraction of sp³-hybridized carbons (Fsp3) is 0.353. The lowest BCUT2D eigenvalue weighted by Gasteiger charge is -2.15. The van der Waals surface area contributed by atoms with Crippen LogP contribution in [0.4, 0.5) is 5.69 Å². The van der Waals surface area contributed by atoms with Crippen LogP contribution in [-0.4, -0.2) is 47.9 Å². The van der Waals surface area contributed by atoms with Crippen LogP contribution in [0.3, 0.4) is 0 Å². The van der Waals surface area contributed by atoms with Gasteiger partial charge in [-0.05, 0) is 43.7 Å². The van der Waals surface area contributed by atoms with E-state index in [1.165, 1.54) is 44.3 Å². The normalized spacial score (nSPS) is 12.8. The molecule has 140 valence electrons. The second-order valence-corrected chi connectivity index (χ2v) is 9.19. The zero-order chi connectivity index (χ0) is 19.3. The Kier molecular flexibility index (Phi) is 6.74. The Morgan fingerprint density at radius 2 is 1.88 bits per heavy atom. The van der Waals surface area contributed by atoms with Crippen LogP contribution in [-0.2, 0) is 14.8 Å². The quantitative estimate of drug-likeness (QED) is 0.573. The number of nitrogens with one attached hydrogen (secondary N) is 1. The van der Waals surface area contributed by atoms with E-state index in [-0.39, 0.29) is 16.1 Å². The Bertz CT molecular complexity index is 868. The number of nitrogens with zero attached hydrogens (tertiary/aromatic N) is 3. The van der Waals surface area contributed by atoms with Gasteiger partial charge >= 0.3 is 0 Å². The van der Waals surface area contributed by atoms with Gasteiger partial charge in [0.25, 0.3) is 0 Å². The van der Waals surface area contributed by atoms with Gasteiger partial charge in [0.15, 0.2) is 0 Å². The second kappa shape index (κ2) is 8.61. The van der Waals surface area contributed by atoms with Crippen molar-refractivity contribution < 1.29 is 13.2 Å². The number of aryl methyl sites for hydroxylation is 1. The molecule has 0 fully saturated rings. The van der Waals surface area contributed by atoms with Crippen molar-refractivity contribution in [2.75, 3.05) is 19.4 Å². The lowest BCUT2D eigenvalue weighted by molar-refractivity contribution is -0.115. The number of thioether (sulfide) groups is 1. The first kappa shape index (κ1) is 20.3. The maximum atomic E-state index is 12.5. The summed E-state index contributed by atoms with van der Waals surface area (Å²) in [5.41, 5.74) is 1.39. The van der Waals surface area contributed by atoms with Gasteiger partial charge in [-0.3, -0.25) is 4.79 Å². The van der Waals surface area contributed by atoms with Crippen LogP contribution in [0.15, 0.2) is 46.6 Å². The number of carbonyl (C=O) groups excluding carboxylic acids is 1. The molecule has 2 rings (SSSR count). The first-order chi connectivity index (χ1) is 12.2. The van der Waals surface area contributed by atoms with Crippen molar-refractivity contribution in [2.45, 2.75) is 35.4 Å². The number of aromatic nitrogens is 2. The van der Waals surface area contributed by atoms with Crippen LogP contribution >= 0.6 is 11.8 Å². The molecule has 1 heterocycles. The molecule has 1 unspecified atom stereocenters. The maximum absolute atomic E-state index is 12.5. The molecule has 0 bridgehead atoms. The van der Waals surface area contributed by atoms with Crippen molar-refractivity contribution >= 4 is 33.4 Å². The first-order valence-electron chi connectivity index (χ1n) is 8.02. The van der Waals surface area contributed by atoms with Gasteiger partial charge in [-0.15, -0.1) is 0 Å². The fourth-order valence-corrected chi connectivity index (χ4v) is 3.98. The van der Waals surface area contributed by atoms with Gasteiger partial charge in [0, 0.05) is 25.5 Å². The average Bonchev–Trinajstić information content (AvgIpc) is 2.60. The lowest BCUT2D eigenvalue weighted by atomic mass is 10.3. The summed E-state index contributed by atoms with van der Waals surface area (Å²) in [5.74, 6) is -0.156. The van der Waals surface area contributed by atoms with Gasteiger partial charge in [-0.25, -0.2) is 22.7 Å². The minimum Gasteiger partial charge on any atom is -0.325 e. The Balaban J connectivity index is 2.08. The zero-order valence-electron chi connectivity index (χ0n) is 15.1. The van der Waals surface area contributed by atoms with Crippen molar-refractivity contribution in [3.63, 3.8) is 0 Å². The Hall–Kier alpha value is -1.97. The molecule has 0 saturated carbocycles. The minimum absolute atomic E-state index is 0.156. The number of hydrogen-bond donors (Lipinski definition) is 1. The second-order valence-electron chi connectivity index (χ2n) is 5.81. The number of benzene rings is 1. The van der Waals surface area contributed by atoms with E-state index < -0.39 is 10.0 Å². The van der Waals surface area contributed by atoms with Crippen molar-refractivity contribution in [1.29, 1.82) is 0 Å². The molecule has 0 aliphatic heterocycles. The molecule has 0 radical (unpaired) electrons. The van der Waals surface area contributed by atoms with Gasteiger partial charge in [0.2, 0.25) is 15.9 Å². The highest BCUT2D eigenvalue weighted by Gasteiger charge is 2.20. The molecule has 1 aromatic heterocycles. The summed E-state index contributed by atoms with van der Waals surface area (Å²) in [7, 11) is -0.535. The predicted molar refractivity (Wildman–Crippen MR) is 103 cm³/mol. The summed E-state index contributed by atoms with van der Waals surface area (Å²) in [6, 6.07) is 7.96. The highest BCUT2D eigenvalue weighted by molar-refractivity contribution is 8.00. The average molecular weight is 395 g/mol. The summed E-state index contributed by atoms with van der Waals surface area (Å²) in [6.07, 6.45) is 2.11. The standard InChI is InChI=1S/C17H22N4O3S2/c1-5-15(25-16-10-12(2)18-11-19-16)17(22)20-13-6-8-14(9-7-13)26(23,24)21(3)4/h6-11,15H,5H2,1-4H3,(H,20,22). The third kappa shape index (κ3) is 5.03. The zero-order valence-corrected chi connectivity index (χ0v) is 16.8. The smallest absolute Gasteiger partial charge is 0.242 e. The highest BCUT2D eigenvalue weighted by atomic mass is 32.2. The number of anilines is 1. The molecular formula is C17H22N4O3S2. The van der Waals surface area contributed by atoms with Crippen LogP contribution in [0.5, 0.6) is 0 Å². The molecular weight excluding hydrogens is 372 g/mol. The molecule has 1 N–H and O–H groups in total. The minimum atomic E-state index is -3.49. The van der Waals surface area contributed by atoms with Crippen LogP contribution in [0.2, 0.25) is 0 Å². The van der Waals surface area contributed by atoms with E-state index in [0.29, 0.717) is 12.1 Å². The van der Waals surface area contributed by atoms with E-state index in [1.807, 2.05) is 19.9 Å². The fourth-order valence-electron chi connectivity index (χ4n) is 2.11. The molecule has 1 aromatic carbocycles. The van der Waals surface area contributed by atoms with Crippen molar-refractivity contribution in [1.82, 2.24) is 14.3 Å². The molecule has 0 aliphatic rings. The van der Waals surface area contributed by atoms with E-state index in [2.05, 4.69) is 15.3 Å². The molecule has 9 heteroatoms. The summed E-state index contributed by atoms with van der Waals surface area (Å²) in [4.78, 5) is 20.9. The van der Waals surface area contributed by atoms with Crippen LogP contribution in [0.1, 0.15) is 19.0 Å². The summed E-state index contributed by atoms with van der Waals surface area (Å²) >= 11 is 1.38. The predicted octanol–water partition coefficient (Wildman–Crippen LogP) is 2.54. The Morgan fingerprint density at radius 1 is 1.23 bits per heavy atom. The number of rotatable bonds is 7. The summed E-state index contributed by atoms with van der Waals surface area (Å²) < 4.78 is 25.3. The van der Waals surface area contributed by atoms with E-state index in [4.69, 9.17) is 0 Å². The largest absolute Gasteiger partial charge is 0.325 e. The summed E-state index contributed by atoms with van der Waals surface area (Å²) in [5, 5.41) is 3.26. The number of carbonyl (C=O) groups is 1.